The minimum Gasteiger partial charge on any atom is -0.339 e. The van der Waals surface area contributed by atoms with Crippen LogP contribution in [0.5, 0.6) is 0 Å². The van der Waals surface area contributed by atoms with Crippen molar-refractivity contribution in [3.05, 3.63) is 28.5 Å². The van der Waals surface area contributed by atoms with Crippen LogP contribution in [0.2, 0.25) is 5.15 Å². The Labute approximate surface area is 126 Å². The molecular formula is C14H16ClN3OS. The van der Waals surface area contributed by atoms with Crippen LogP contribution in [0.4, 0.5) is 0 Å². The Balaban J connectivity index is 1.77. The zero-order valence-electron chi connectivity index (χ0n) is 11.3. The lowest BCUT2D eigenvalue weighted by Crippen LogP contribution is -2.33. The molecule has 0 aliphatic heterocycles. The molecule has 0 N–H and O–H groups in total. The van der Waals surface area contributed by atoms with Crippen LogP contribution < -0.4 is 0 Å². The average molecular weight is 310 g/mol. The van der Waals surface area contributed by atoms with Crippen LogP contribution in [-0.2, 0) is 4.79 Å². The van der Waals surface area contributed by atoms with E-state index >= 15 is 0 Å². The molecule has 2 aromatic heterocycles. The first-order valence-corrected chi connectivity index (χ1v) is 7.98. The van der Waals surface area contributed by atoms with Crippen LogP contribution >= 0.6 is 22.9 Å². The second-order valence-corrected chi connectivity index (χ2v) is 6.30. The number of thiazole rings is 1. The van der Waals surface area contributed by atoms with Crippen LogP contribution in [-0.4, -0.2) is 33.3 Å². The maximum Gasteiger partial charge on any atom is 0.246 e. The summed E-state index contributed by atoms with van der Waals surface area (Å²) >= 11 is 7.62. The molecule has 3 rings (SSSR count). The van der Waals surface area contributed by atoms with Crippen LogP contribution in [0.3, 0.4) is 0 Å². The van der Waals surface area contributed by atoms with Crippen molar-refractivity contribution >= 4 is 39.9 Å². The molecule has 1 aliphatic rings. The van der Waals surface area contributed by atoms with Gasteiger partial charge in [0.2, 0.25) is 5.91 Å². The van der Waals surface area contributed by atoms with Gasteiger partial charge in [-0.3, -0.25) is 9.20 Å². The van der Waals surface area contributed by atoms with Crippen LogP contribution in [0.1, 0.15) is 31.4 Å². The van der Waals surface area contributed by atoms with E-state index in [1.54, 1.807) is 12.2 Å². The van der Waals surface area contributed by atoms with E-state index in [0.29, 0.717) is 11.2 Å². The number of halogens is 1. The predicted octanol–water partition coefficient (Wildman–Crippen LogP) is 3.46. The van der Waals surface area contributed by atoms with Crippen molar-refractivity contribution in [3.63, 3.8) is 0 Å². The average Bonchev–Trinajstić information content (AvgIpc) is 3.12. The summed E-state index contributed by atoms with van der Waals surface area (Å²) < 4.78 is 1.90. The van der Waals surface area contributed by atoms with Gasteiger partial charge < -0.3 is 4.90 Å². The number of carbonyl (C=O) groups excluding carboxylic acids is 1. The summed E-state index contributed by atoms with van der Waals surface area (Å²) in [6, 6.07) is 0.384. The molecule has 1 amide bonds. The van der Waals surface area contributed by atoms with E-state index in [1.165, 1.54) is 24.2 Å². The summed E-state index contributed by atoms with van der Waals surface area (Å²) in [6.45, 7) is 0. The van der Waals surface area contributed by atoms with Gasteiger partial charge in [-0.05, 0) is 18.9 Å². The third-order valence-electron chi connectivity index (χ3n) is 3.86. The number of aromatic nitrogens is 2. The van der Waals surface area contributed by atoms with E-state index in [9.17, 15) is 4.79 Å². The Kier molecular flexibility index (Phi) is 3.81. The largest absolute Gasteiger partial charge is 0.339 e. The Morgan fingerprint density at radius 2 is 2.30 bits per heavy atom. The van der Waals surface area contributed by atoms with E-state index in [2.05, 4.69) is 4.98 Å². The van der Waals surface area contributed by atoms with Crippen molar-refractivity contribution in [2.45, 2.75) is 31.7 Å². The lowest BCUT2D eigenvalue weighted by atomic mass is 10.2. The number of fused-ring (bicyclic) bond motifs is 1. The standard InChI is InChI=1S/C14H16ClN3OS/c1-17(10-4-2-3-5-10)12(19)7-6-11-13(15)16-14-18(11)8-9-20-14/h6-10H,2-5H2,1H3/b7-6+. The van der Waals surface area contributed by atoms with E-state index in [1.807, 2.05) is 27.9 Å². The molecule has 106 valence electrons. The van der Waals surface area contributed by atoms with Gasteiger partial charge in [0.25, 0.3) is 0 Å². The topological polar surface area (TPSA) is 37.6 Å². The highest BCUT2D eigenvalue weighted by Gasteiger charge is 2.22. The molecule has 2 aromatic rings. The molecule has 1 aliphatic carbocycles. The van der Waals surface area contributed by atoms with Crippen molar-refractivity contribution in [1.82, 2.24) is 14.3 Å². The van der Waals surface area contributed by atoms with Crippen molar-refractivity contribution < 1.29 is 4.79 Å². The molecule has 0 spiro atoms. The fraction of sp³-hybridized carbons (Fsp3) is 0.429. The summed E-state index contributed by atoms with van der Waals surface area (Å²) in [7, 11) is 1.88. The Hall–Kier alpha value is -1.33. The molecule has 4 nitrogen and oxygen atoms in total. The minimum absolute atomic E-state index is 0.0261. The molecule has 1 fully saturated rings. The zero-order valence-corrected chi connectivity index (χ0v) is 12.8. The number of nitrogens with zero attached hydrogens (tertiary/aromatic N) is 3. The normalized spacial score (nSPS) is 16.5. The molecule has 0 saturated heterocycles. The van der Waals surface area contributed by atoms with Gasteiger partial charge in [0, 0.05) is 30.7 Å². The van der Waals surface area contributed by atoms with Gasteiger partial charge in [-0.25, -0.2) is 4.98 Å². The van der Waals surface area contributed by atoms with Crippen molar-refractivity contribution in [3.8, 4) is 0 Å². The van der Waals surface area contributed by atoms with E-state index in [-0.39, 0.29) is 5.91 Å². The summed E-state index contributed by atoms with van der Waals surface area (Å²) in [6.07, 6.45) is 9.90. The van der Waals surface area contributed by atoms with E-state index in [4.69, 9.17) is 11.6 Å². The number of rotatable bonds is 3. The summed E-state index contributed by atoms with van der Waals surface area (Å²) in [5, 5.41) is 2.38. The third-order valence-corrected chi connectivity index (χ3v) is 4.89. The molecule has 0 atom stereocenters. The second kappa shape index (κ2) is 5.58. The first kappa shape index (κ1) is 13.6. The van der Waals surface area contributed by atoms with E-state index < -0.39 is 0 Å². The molecule has 0 radical (unpaired) electrons. The number of likely N-dealkylation sites (N-methyl/N-ethyl adjacent to an activating group) is 1. The van der Waals surface area contributed by atoms with Crippen molar-refractivity contribution in [2.24, 2.45) is 0 Å². The van der Waals surface area contributed by atoms with Gasteiger partial charge in [0.1, 0.15) is 0 Å². The molecule has 0 unspecified atom stereocenters. The lowest BCUT2D eigenvalue weighted by Gasteiger charge is -2.22. The smallest absolute Gasteiger partial charge is 0.246 e. The van der Waals surface area contributed by atoms with Crippen LogP contribution in [0, 0.1) is 0 Å². The summed E-state index contributed by atoms with van der Waals surface area (Å²) in [4.78, 5) is 19.1. The lowest BCUT2D eigenvalue weighted by molar-refractivity contribution is -0.126. The number of imidazole rings is 1. The number of hydrogen-bond acceptors (Lipinski definition) is 3. The fourth-order valence-corrected chi connectivity index (χ4v) is 3.67. The maximum absolute atomic E-state index is 12.2. The summed E-state index contributed by atoms with van der Waals surface area (Å²) in [5.41, 5.74) is 0.760. The summed E-state index contributed by atoms with van der Waals surface area (Å²) in [5.74, 6) is 0.0261. The van der Waals surface area contributed by atoms with Gasteiger partial charge >= 0.3 is 0 Å². The van der Waals surface area contributed by atoms with E-state index in [0.717, 1.165) is 23.5 Å². The maximum atomic E-state index is 12.2. The van der Waals surface area contributed by atoms with Gasteiger partial charge in [-0.2, -0.15) is 0 Å². The SMILES string of the molecule is CN(C(=O)/C=C/c1c(Cl)nc2sccn12)C1CCCC1. The van der Waals surface area contributed by atoms with Crippen molar-refractivity contribution in [2.75, 3.05) is 7.05 Å². The molecule has 0 aromatic carbocycles. The Morgan fingerprint density at radius 3 is 3.05 bits per heavy atom. The van der Waals surface area contributed by atoms with Crippen molar-refractivity contribution in [1.29, 1.82) is 0 Å². The third kappa shape index (κ3) is 2.47. The van der Waals surface area contributed by atoms with Gasteiger partial charge in [0.15, 0.2) is 10.1 Å². The minimum atomic E-state index is 0.0261. The number of carbonyl (C=O) groups is 1. The monoisotopic (exact) mass is 309 g/mol. The quantitative estimate of drug-likeness (QED) is 0.814. The molecule has 6 heteroatoms. The molecule has 0 bridgehead atoms. The highest BCUT2D eigenvalue weighted by Crippen LogP contribution is 2.24. The zero-order chi connectivity index (χ0) is 14.1. The number of amides is 1. The van der Waals surface area contributed by atoms with Gasteiger partial charge in [-0.1, -0.05) is 24.4 Å². The Morgan fingerprint density at radius 1 is 1.55 bits per heavy atom. The Bertz CT molecular complexity index is 654. The fourth-order valence-electron chi connectivity index (χ4n) is 2.67. The first-order chi connectivity index (χ1) is 9.66. The highest BCUT2D eigenvalue weighted by atomic mass is 35.5. The van der Waals surface area contributed by atoms with Crippen LogP contribution in [0.25, 0.3) is 11.0 Å². The first-order valence-electron chi connectivity index (χ1n) is 6.73. The molecule has 2 heterocycles. The van der Waals surface area contributed by atoms with Crippen LogP contribution in [0.15, 0.2) is 17.7 Å². The molecular weight excluding hydrogens is 294 g/mol. The molecule has 1 saturated carbocycles. The predicted molar refractivity (Wildman–Crippen MR) is 82.1 cm³/mol. The van der Waals surface area contributed by atoms with Gasteiger partial charge in [0.05, 0.1) is 5.69 Å². The second-order valence-electron chi connectivity index (χ2n) is 5.06. The molecule has 20 heavy (non-hydrogen) atoms. The van der Waals surface area contributed by atoms with Gasteiger partial charge in [-0.15, -0.1) is 11.3 Å². The number of hydrogen-bond donors (Lipinski definition) is 0. The highest BCUT2D eigenvalue weighted by molar-refractivity contribution is 7.15.